The maximum Gasteiger partial charge on any atom is 0.275 e. The molecule has 2 amide bonds. The van der Waals surface area contributed by atoms with Crippen LogP contribution in [0.4, 0.5) is 0 Å². The van der Waals surface area contributed by atoms with Gasteiger partial charge in [0.1, 0.15) is 5.56 Å². The van der Waals surface area contributed by atoms with Gasteiger partial charge in [0, 0.05) is 24.8 Å². The van der Waals surface area contributed by atoms with Crippen molar-refractivity contribution in [3.63, 3.8) is 0 Å². The smallest absolute Gasteiger partial charge is 0.275 e. The summed E-state index contributed by atoms with van der Waals surface area (Å²) in [4.78, 5) is 28.5. The first kappa shape index (κ1) is 21.3. The number of pyridine rings is 1. The lowest BCUT2D eigenvalue weighted by Crippen LogP contribution is -2.41. The van der Waals surface area contributed by atoms with E-state index < -0.39 is 21.8 Å². The van der Waals surface area contributed by atoms with Gasteiger partial charge in [-0.2, -0.15) is 4.31 Å². The van der Waals surface area contributed by atoms with Gasteiger partial charge in [-0.25, -0.2) is 13.4 Å². The zero-order chi connectivity index (χ0) is 20.7. The number of methoxy groups -OCH3 is 1. The zero-order valence-electron chi connectivity index (χ0n) is 15.8. The number of benzene rings is 1. The molecule has 0 bridgehead atoms. The van der Waals surface area contributed by atoms with Gasteiger partial charge >= 0.3 is 0 Å². The molecule has 0 unspecified atom stereocenters. The first-order valence-electron chi connectivity index (χ1n) is 8.55. The summed E-state index contributed by atoms with van der Waals surface area (Å²) in [5, 5.41) is 0. The Balaban J connectivity index is 2.14. The number of hydrazine groups is 1. The fourth-order valence-corrected chi connectivity index (χ4v) is 3.99. The number of hydrogen-bond donors (Lipinski definition) is 2. The highest BCUT2D eigenvalue weighted by molar-refractivity contribution is 7.89. The normalized spacial score (nSPS) is 11.1. The molecule has 9 nitrogen and oxygen atoms in total. The third kappa shape index (κ3) is 4.65. The van der Waals surface area contributed by atoms with Crippen molar-refractivity contribution in [2.24, 2.45) is 0 Å². The average Bonchev–Trinajstić information content (AvgIpc) is 2.72. The third-order valence-corrected chi connectivity index (χ3v) is 5.98. The minimum Gasteiger partial charge on any atom is -0.480 e. The number of ether oxygens (including phenoxy) is 1. The second-order valence-corrected chi connectivity index (χ2v) is 7.52. The molecule has 150 valence electrons. The molecule has 0 aliphatic carbocycles. The van der Waals surface area contributed by atoms with Gasteiger partial charge in [0.2, 0.25) is 15.9 Å². The molecule has 28 heavy (non-hydrogen) atoms. The highest BCUT2D eigenvalue weighted by atomic mass is 32.2. The zero-order valence-corrected chi connectivity index (χ0v) is 16.6. The molecule has 0 aliphatic heterocycles. The minimum atomic E-state index is -3.70. The molecule has 0 spiro atoms. The highest BCUT2D eigenvalue weighted by Crippen LogP contribution is 2.17. The summed E-state index contributed by atoms with van der Waals surface area (Å²) in [5.74, 6) is -1.17. The third-order valence-electron chi connectivity index (χ3n) is 3.94. The van der Waals surface area contributed by atoms with Crippen molar-refractivity contribution >= 4 is 21.8 Å². The van der Waals surface area contributed by atoms with Gasteiger partial charge in [-0.3, -0.25) is 20.4 Å². The molecule has 0 fully saturated rings. The Kier molecular flexibility index (Phi) is 7.07. The van der Waals surface area contributed by atoms with Crippen molar-refractivity contribution in [1.29, 1.82) is 0 Å². The van der Waals surface area contributed by atoms with E-state index >= 15 is 0 Å². The standard InChI is InChI=1S/C18H22N4O5S/c1-4-22(5-2)28(25,26)14-9-6-8-13(12-14)16(23)20-21-17(24)15-10-7-11-19-18(15)27-3/h6-12H,4-5H2,1-3H3,(H,20,23)(H,21,24). The van der Waals surface area contributed by atoms with Crippen LogP contribution >= 0.6 is 0 Å². The number of carbonyl (C=O) groups is 2. The summed E-state index contributed by atoms with van der Waals surface area (Å²) in [6.45, 7) is 4.11. The summed E-state index contributed by atoms with van der Waals surface area (Å²) < 4.78 is 31.5. The van der Waals surface area contributed by atoms with Crippen LogP contribution in [0.15, 0.2) is 47.5 Å². The van der Waals surface area contributed by atoms with E-state index in [1.165, 1.54) is 47.9 Å². The highest BCUT2D eigenvalue weighted by Gasteiger charge is 2.22. The maximum atomic E-state index is 12.6. The van der Waals surface area contributed by atoms with E-state index in [9.17, 15) is 18.0 Å². The predicted octanol–water partition coefficient (Wildman–Crippen LogP) is 1.20. The molecular weight excluding hydrogens is 384 g/mol. The number of hydrogen-bond acceptors (Lipinski definition) is 6. The first-order chi connectivity index (χ1) is 13.3. The summed E-state index contributed by atoms with van der Waals surface area (Å²) >= 11 is 0. The Morgan fingerprint density at radius 2 is 1.75 bits per heavy atom. The molecule has 0 aliphatic rings. The van der Waals surface area contributed by atoms with E-state index in [0.29, 0.717) is 13.1 Å². The van der Waals surface area contributed by atoms with Gasteiger partial charge in [0.15, 0.2) is 0 Å². The van der Waals surface area contributed by atoms with Crippen molar-refractivity contribution in [1.82, 2.24) is 20.1 Å². The second-order valence-electron chi connectivity index (χ2n) is 5.59. The van der Waals surface area contributed by atoms with Gasteiger partial charge in [-0.05, 0) is 30.3 Å². The molecule has 10 heteroatoms. The number of aromatic nitrogens is 1. The Bertz CT molecular complexity index is 958. The van der Waals surface area contributed by atoms with Crippen molar-refractivity contribution in [3.05, 3.63) is 53.7 Å². The van der Waals surface area contributed by atoms with Gasteiger partial charge < -0.3 is 4.74 Å². The van der Waals surface area contributed by atoms with Crippen molar-refractivity contribution < 1.29 is 22.7 Å². The largest absolute Gasteiger partial charge is 0.480 e. The van der Waals surface area contributed by atoms with Crippen LogP contribution in [0.25, 0.3) is 0 Å². The Hall–Kier alpha value is -2.98. The van der Waals surface area contributed by atoms with Crippen LogP contribution in [0.3, 0.4) is 0 Å². The molecule has 2 rings (SSSR count). The lowest BCUT2D eigenvalue weighted by Gasteiger charge is -2.18. The van der Waals surface area contributed by atoms with Crippen LogP contribution in [0, 0.1) is 0 Å². The van der Waals surface area contributed by atoms with E-state index in [1.54, 1.807) is 19.9 Å². The van der Waals surface area contributed by atoms with Gasteiger partial charge in [-0.15, -0.1) is 0 Å². The summed E-state index contributed by atoms with van der Waals surface area (Å²) in [6, 6.07) is 8.65. The number of amides is 2. The second kappa shape index (κ2) is 9.29. The molecular formula is C18H22N4O5S. The molecule has 0 saturated carbocycles. The van der Waals surface area contributed by atoms with E-state index in [4.69, 9.17) is 4.74 Å². The number of nitrogens with zero attached hydrogens (tertiary/aromatic N) is 2. The van der Waals surface area contributed by atoms with Crippen molar-refractivity contribution in [2.45, 2.75) is 18.7 Å². The van der Waals surface area contributed by atoms with Crippen LogP contribution in [0.5, 0.6) is 5.88 Å². The molecule has 1 aromatic carbocycles. The van der Waals surface area contributed by atoms with Crippen LogP contribution < -0.4 is 15.6 Å². The van der Waals surface area contributed by atoms with Crippen LogP contribution in [0.2, 0.25) is 0 Å². The number of nitrogens with one attached hydrogen (secondary N) is 2. The molecule has 2 N–H and O–H groups in total. The molecule has 0 atom stereocenters. The molecule has 1 heterocycles. The van der Waals surface area contributed by atoms with Gasteiger partial charge in [-0.1, -0.05) is 19.9 Å². The topological polar surface area (TPSA) is 118 Å². The Labute approximate surface area is 163 Å². The van der Waals surface area contributed by atoms with Crippen LogP contribution in [0.1, 0.15) is 34.6 Å². The average molecular weight is 406 g/mol. The minimum absolute atomic E-state index is 0.00380. The van der Waals surface area contributed by atoms with Gasteiger partial charge in [0.05, 0.1) is 12.0 Å². The molecule has 0 radical (unpaired) electrons. The number of sulfonamides is 1. The fraction of sp³-hybridized carbons (Fsp3) is 0.278. The SMILES string of the molecule is CCN(CC)S(=O)(=O)c1cccc(C(=O)NNC(=O)c2cccnc2OC)c1. The Morgan fingerprint density at radius 3 is 2.39 bits per heavy atom. The van der Waals surface area contributed by atoms with E-state index in [0.717, 1.165) is 0 Å². The van der Waals surface area contributed by atoms with E-state index in [-0.39, 0.29) is 21.9 Å². The van der Waals surface area contributed by atoms with E-state index in [2.05, 4.69) is 15.8 Å². The lowest BCUT2D eigenvalue weighted by atomic mass is 10.2. The fourth-order valence-electron chi connectivity index (χ4n) is 2.49. The molecule has 0 saturated heterocycles. The summed E-state index contributed by atoms with van der Waals surface area (Å²) in [6.07, 6.45) is 1.47. The first-order valence-corrected chi connectivity index (χ1v) is 9.99. The quantitative estimate of drug-likeness (QED) is 0.667. The summed E-state index contributed by atoms with van der Waals surface area (Å²) in [7, 11) is -2.32. The number of rotatable bonds is 7. The monoisotopic (exact) mass is 406 g/mol. The Morgan fingerprint density at radius 1 is 1.07 bits per heavy atom. The lowest BCUT2D eigenvalue weighted by molar-refractivity contribution is 0.0844. The predicted molar refractivity (Wildman–Crippen MR) is 102 cm³/mol. The van der Waals surface area contributed by atoms with E-state index in [1.807, 2.05) is 0 Å². The maximum absolute atomic E-state index is 12.6. The van der Waals surface area contributed by atoms with Gasteiger partial charge in [0.25, 0.3) is 11.8 Å². The molecule has 2 aromatic rings. The van der Waals surface area contributed by atoms with Crippen molar-refractivity contribution in [3.8, 4) is 5.88 Å². The number of carbonyl (C=O) groups excluding carboxylic acids is 2. The van der Waals surface area contributed by atoms with Crippen LogP contribution in [-0.2, 0) is 10.0 Å². The summed E-state index contributed by atoms with van der Waals surface area (Å²) in [5.41, 5.74) is 4.74. The van der Waals surface area contributed by atoms with Crippen LogP contribution in [-0.4, -0.2) is 49.7 Å². The van der Waals surface area contributed by atoms with Crippen molar-refractivity contribution in [2.75, 3.05) is 20.2 Å². The molecule has 1 aromatic heterocycles.